The molecule has 0 aliphatic rings. The second-order valence-corrected chi connectivity index (χ2v) is 20.8. The molecule has 2 atom stereocenters. The molecule has 0 aliphatic carbocycles. The molecule has 0 fully saturated rings. The number of esters is 6. The predicted octanol–water partition coefficient (Wildman–Crippen LogP) is 17.3. The van der Waals surface area contributed by atoms with Gasteiger partial charge < -0.3 is 28.4 Å². The zero-order valence-electron chi connectivity index (χ0n) is 47.8. The van der Waals surface area contributed by atoms with Gasteiger partial charge in [0.1, 0.15) is 23.0 Å². The van der Waals surface area contributed by atoms with E-state index in [9.17, 15) is 28.8 Å². The van der Waals surface area contributed by atoms with Gasteiger partial charge in [-0.3, -0.25) is 9.59 Å². The Balaban J connectivity index is 0.765. The number of carbonyl (C=O) groups excluding carboxylic acids is 6. The second-order valence-electron chi connectivity index (χ2n) is 20.8. The molecule has 0 aromatic heterocycles. The van der Waals surface area contributed by atoms with Gasteiger partial charge in [0.05, 0.1) is 34.5 Å². The normalized spacial score (nSPS) is 11.7. The molecule has 0 saturated heterocycles. The summed E-state index contributed by atoms with van der Waals surface area (Å²) < 4.78 is 33.4. The third kappa shape index (κ3) is 22.3. The van der Waals surface area contributed by atoms with Gasteiger partial charge >= 0.3 is 35.8 Å². The van der Waals surface area contributed by atoms with Crippen molar-refractivity contribution in [2.75, 3.05) is 0 Å². The number of hydrogen-bond donors (Lipinski definition) is 0. The van der Waals surface area contributed by atoms with Crippen molar-refractivity contribution in [2.45, 2.75) is 175 Å². The van der Waals surface area contributed by atoms with Gasteiger partial charge in [-0.1, -0.05) is 146 Å². The molecule has 12 heteroatoms. The molecule has 0 N–H and O–H groups in total. The Bertz CT molecular complexity index is 2670. The molecule has 2 unspecified atom stereocenters. The van der Waals surface area contributed by atoms with Gasteiger partial charge in [-0.2, -0.15) is 0 Å². The number of carbonyl (C=O) groups is 6. The molecule has 0 bridgehead atoms. The van der Waals surface area contributed by atoms with Crippen LogP contribution < -0.4 is 18.9 Å². The summed E-state index contributed by atoms with van der Waals surface area (Å²) in [5.41, 5.74) is 5.27. The summed E-state index contributed by atoms with van der Waals surface area (Å²) >= 11 is 0. The summed E-state index contributed by atoms with van der Waals surface area (Å²) in [4.78, 5) is 76.1. The van der Waals surface area contributed by atoms with Crippen LogP contribution in [0.15, 0.2) is 146 Å². The fourth-order valence-electron chi connectivity index (χ4n) is 9.16. The van der Waals surface area contributed by atoms with E-state index in [0.29, 0.717) is 58.1 Å². The maximum Gasteiger partial charge on any atom is 0.343 e. The lowest BCUT2D eigenvalue weighted by Gasteiger charge is -2.13. The summed E-state index contributed by atoms with van der Waals surface area (Å²) in [6, 6.07) is 41.4. The van der Waals surface area contributed by atoms with Crippen molar-refractivity contribution in [3.63, 3.8) is 0 Å². The van der Waals surface area contributed by atoms with Crippen LogP contribution in [0.5, 0.6) is 23.0 Å². The van der Waals surface area contributed by atoms with Gasteiger partial charge in [-0.25, -0.2) is 19.2 Å². The maximum atomic E-state index is 12.9. The van der Waals surface area contributed by atoms with Crippen LogP contribution in [0.1, 0.15) is 204 Å². The minimum atomic E-state index is -0.535. The monoisotopic (exact) mass is 1100 g/mol. The van der Waals surface area contributed by atoms with E-state index < -0.39 is 11.9 Å². The Morgan fingerprint density at radius 1 is 0.296 bits per heavy atom. The Morgan fingerprint density at radius 2 is 0.543 bits per heavy atom. The first-order valence-corrected chi connectivity index (χ1v) is 29.3. The van der Waals surface area contributed by atoms with Crippen LogP contribution in [0, 0.1) is 0 Å². The molecule has 0 radical (unpaired) electrons. The van der Waals surface area contributed by atoms with Gasteiger partial charge in [-0.15, -0.1) is 0 Å². The molecular formula is C69H80O12. The molecular weight excluding hydrogens is 1020 g/mol. The summed E-state index contributed by atoms with van der Waals surface area (Å²) in [5.74, 6) is -0.882. The first kappa shape index (κ1) is 62.3. The highest BCUT2D eigenvalue weighted by Crippen LogP contribution is 2.27. The van der Waals surface area contributed by atoms with Crippen LogP contribution in [0.3, 0.4) is 0 Å². The SMILES string of the molecule is CCCCCCC(C)OC(=O)c1ccc(-c2ccc(OC(=O)c3ccc(OC(=O)CCCCCCCCCCCC(=O)Oc4ccc(C(=O)Oc5ccc(-c6ccc(C(=O)OC(C)CCCCCC)cc6)cc5)cc4)cc3)cc2)cc1. The molecule has 6 rings (SSSR count). The van der Waals surface area contributed by atoms with E-state index in [-0.39, 0.29) is 36.1 Å². The van der Waals surface area contributed by atoms with Crippen molar-refractivity contribution in [1.29, 1.82) is 0 Å². The van der Waals surface area contributed by atoms with Crippen molar-refractivity contribution >= 4 is 35.8 Å². The Morgan fingerprint density at radius 3 is 0.864 bits per heavy atom. The number of hydrogen-bond acceptors (Lipinski definition) is 12. The summed E-state index contributed by atoms with van der Waals surface area (Å²) in [7, 11) is 0. The van der Waals surface area contributed by atoms with Crippen molar-refractivity contribution in [2.24, 2.45) is 0 Å². The molecule has 6 aromatic rings. The van der Waals surface area contributed by atoms with E-state index in [1.807, 2.05) is 62.4 Å². The number of rotatable bonds is 34. The first-order chi connectivity index (χ1) is 39.4. The minimum Gasteiger partial charge on any atom is -0.459 e. The predicted molar refractivity (Wildman–Crippen MR) is 316 cm³/mol. The second kappa shape index (κ2) is 34.3. The average molecular weight is 1100 g/mol. The molecule has 0 amide bonds. The van der Waals surface area contributed by atoms with E-state index in [2.05, 4.69) is 13.8 Å². The quantitative estimate of drug-likeness (QED) is 0.0214. The fourth-order valence-corrected chi connectivity index (χ4v) is 9.16. The van der Waals surface area contributed by atoms with Crippen LogP contribution in [-0.2, 0) is 19.1 Å². The molecule has 12 nitrogen and oxygen atoms in total. The lowest BCUT2D eigenvalue weighted by Crippen LogP contribution is -2.15. The number of ether oxygens (including phenoxy) is 6. The van der Waals surface area contributed by atoms with Gasteiger partial charge in [0.25, 0.3) is 0 Å². The van der Waals surface area contributed by atoms with Gasteiger partial charge in [0.15, 0.2) is 0 Å². The van der Waals surface area contributed by atoms with Gasteiger partial charge in [0.2, 0.25) is 0 Å². The van der Waals surface area contributed by atoms with E-state index in [1.165, 1.54) is 25.7 Å². The molecule has 81 heavy (non-hydrogen) atoms. The van der Waals surface area contributed by atoms with Crippen LogP contribution in [0.4, 0.5) is 0 Å². The van der Waals surface area contributed by atoms with E-state index in [1.54, 1.807) is 97.1 Å². The Hall–Kier alpha value is -7.86. The maximum absolute atomic E-state index is 12.9. The van der Waals surface area contributed by atoms with E-state index >= 15 is 0 Å². The lowest BCUT2D eigenvalue weighted by molar-refractivity contribution is -0.135. The molecule has 428 valence electrons. The zero-order valence-corrected chi connectivity index (χ0v) is 47.8. The highest BCUT2D eigenvalue weighted by molar-refractivity contribution is 5.93. The van der Waals surface area contributed by atoms with Gasteiger partial charge in [-0.05, 0) is 172 Å². The molecule has 6 aromatic carbocycles. The highest BCUT2D eigenvalue weighted by atomic mass is 16.6. The largest absolute Gasteiger partial charge is 0.459 e. The zero-order chi connectivity index (χ0) is 57.6. The average Bonchev–Trinajstić information content (AvgIpc) is 3.49. The third-order valence-corrected chi connectivity index (χ3v) is 14.0. The Kier molecular flexibility index (Phi) is 26.4. The smallest absolute Gasteiger partial charge is 0.343 e. The Labute approximate surface area is 478 Å². The van der Waals surface area contributed by atoms with Crippen molar-refractivity contribution in [3.05, 3.63) is 168 Å². The minimum absolute atomic E-state index is 0.127. The summed E-state index contributed by atoms with van der Waals surface area (Å²) in [6.07, 6.45) is 19.7. The van der Waals surface area contributed by atoms with Crippen LogP contribution in [-0.4, -0.2) is 48.0 Å². The van der Waals surface area contributed by atoms with Crippen molar-refractivity contribution in [3.8, 4) is 45.3 Å². The summed E-state index contributed by atoms with van der Waals surface area (Å²) in [5, 5.41) is 0. The van der Waals surface area contributed by atoms with Crippen molar-refractivity contribution < 1.29 is 57.2 Å². The van der Waals surface area contributed by atoms with Gasteiger partial charge in [0, 0.05) is 12.8 Å². The topological polar surface area (TPSA) is 158 Å². The lowest BCUT2D eigenvalue weighted by atomic mass is 10.0. The fraction of sp³-hybridized carbons (Fsp3) is 0.391. The third-order valence-electron chi connectivity index (χ3n) is 14.0. The summed E-state index contributed by atoms with van der Waals surface area (Å²) in [6.45, 7) is 8.21. The van der Waals surface area contributed by atoms with E-state index in [0.717, 1.165) is 119 Å². The standard InChI is InChI=1S/C69H80O12/c1-5-7-9-18-22-50(3)76-66(72)56-30-26-52(27-31-56)54-34-42-62(43-35-54)80-68(74)58-38-46-60(47-39-58)78-64(70)24-20-16-14-12-11-13-15-17-21-25-65(71)79-61-48-40-59(41-49-61)69(75)81-63-44-36-55(37-45-63)53-28-32-57(33-29-53)67(73)77-51(4)23-19-10-8-6-2/h26-51H,5-25H2,1-4H3. The molecule has 0 heterocycles. The highest BCUT2D eigenvalue weighted by Gasteiger charge is 2.17. The van der Waals surface area contributed by atoms with E-state index in [4.69, 9.17) is 28.4 Å². The number of unbranched alkanes of at least 4 members (excludes halogenated alkanes) is 14. The molecule has 0 spiro atoms. The van der Waals surface area contributed by atoms with Crippen LogP contribution in [0.25, 0.3) is 22.3 Å². The number of benzene rings is 6. The first-order valence-electron chi connectivity index (χ1n) is 29.3. The van der Waals surface area contributed by atoms with Crippen LogP contribution in [0.2, 0.25) is 0 Å². The molecule has 0 aliphatic heterocycles. The van der Waals surface area contributed by atoms with Crippen molar-refractivity contribution in [1.82, 2.24) is 0 Å². The molecule has 0 saturated carbocycles. The van der Waals surface area contributed by atoms with Crippen LogP contribution >= 0.6 is 0 Å².